The number of halogens is 4. The van der Waals surface area contributed by atoms with E-state index in [-0.39, 0.29) is 11.5 Å². The summed E-state index contributed by atoms with van der Waals surface area (Å²) in [6, 6.07) is 8.62. The minimum atomic E-state index is -4.87. The quantitative estimate of drug-likeness (QED) is 0.845. The van der Waals surface area contributed by atoms with Crippen LogP contribution in [0.4, 0.5) is 13.2 Å². The van der Waals surface area contributed by atoms with Crippen LogP contribution in [-0.2, 0) is 16.6 Å². The number of aliphatic hydroxyl groups is 1. The molecular weight excluding hydrogens is 349 g/mol. The average molecular weight is 361 g/mol. The second kappa shape index (κ2) is 6.33. The lowest BCUT2D eigenvalue weighted by atomic mass is 9.91. The van der Waals surface area contributed by atoms with Gasteiger partial charge < -0.3 is 14.9 Å². The van der Waals surface area contributed by atoms with E-state index in [4.69, 9.17) is 21.4 Å². The number of carboxylic acids is 1. The van der Waals surface area contributed by atoms with Crippen molar-refractivity contribution in [1.82, 2.24) is 0 Å². The highest BCUT2D eigenvalue weighted by molar-refractivity contribution is 6.30. The summed E-state index contributed by atoms with van der Waals surface area (Å²) in [5.74, 6) is -1.70. The third-order valence-electron chi connectivity index (χ3n) is 3.29. The van der Waals surface area contributed by atoms with Crippen LogP contribution in [0.25, 0.3) is 0 Å². The molecule has 0 heterocycles. The second-order valence-corrected chi connectivity index (χ2v) is 5.57. The third-order valence-corrected chi connectivity index (χ3v) is 3.54. The van der Waals surface area contributed by atoms with Crippen molar-refractivity contribution in [3.63, 3.8) is 0 Å². The first-order chi connectivity index (χ1) is 11.0. The van der Waals surface area contributed by atoms with E-state index in [1.54, 1.807) is 0 Å². The van der Waals surface area contributed by atoms with Gasteiger partial charge in [0.1, 0.15) is 11.5 Å². The normalized spacial score (nSPS) is 14.1. The Morgan fingerprint density at radius 2 is 1.58 bits per heavy atom. The number of ether oxygens (including phenoxy) is 1. The van der Waals surface area contributed by atoms with Crippen LogP contribution in [0.1, 0.15) is 18.1 Å². The highest BCUT2D eigenvalue weighted by Crippen LogP contribution is 2.39. The molecule has 0 aliphatic heterocycles. The maximum atomic E-state index is 13.2. The zero-order valence-electron chi connectivity index (χ0n) is 12.3. The van der Waals surface area contributed by atoms with Crippen LogP contribution in [0.15, 0.2) is 42.5 Å². The molecule has 0 spiro atoms. The molecule has 0 aromatic heterocycles. The number of carboxylic acid groups (broad SMARTS) is 1. The van der Waals surface area contributed by atoms with Gasteiger partial charge in [-0.05, 0) is 43.3 Å². The number of hydrogen-bond acceptors (Lipinski definition) is 3. The summed E-state index contributed by atoms with van der Waals surface area (Å²) in [6.07, 6.45) is -4.87. The summed E-state index contributed by atoms with van der Waals surface area (Å²) >= 11 is 5.71. The first-order valence-electron chi connectivity index (χ1n) is 6.62. The zero-order valence-corrected chi connectivity index (χ0v) is 13.0. The van der Waals surface area contributed by atoms with E-state index >= 15 is 0 Å². The summed E-state index contributed by atoms with van der Waals surface area (Å²) in [4.78, 5) is 11.0. The predicted molar refractivity (Wildman–Crippen MR) is 80.2 cm³/mol. The predicted octanol–water partition coefficient (Wildman–Crippen LogP) is 4.44. The topological polar surface area (TPSA) is 66.8 Å². The van der Waals surface area contributed by atoms with Crippen LogP contribution >= 0.6 is 11.6 Å². The number of benzene rings is 2. The van der Waals surface area contributed by atoms with Crippen molar-refractivity contribution in [2.45, 2.75) is 18.7 Å². The molecule has 8 heteroatoms. The Hall–Kier alpha value is -2.25. The lowest BCUT2D eigenvalue weighted by Gasteiger charge is -2.23. The molecule has 24 heavy (non-hydrogen) atoms. The fourth-order valence-electron chi connectivity index (χ4n) is 2.00. The molecule has 2 aromatic rings. The van der Waals surface area contributed by atoms with E-state index < -0.39 is 28.9 Å². The van der Waals surface area contributed by atoms with Crippen LogP contribution in [0, 0.1) is 0 Å². The summed E-state index contributed by atoms with van der Waals surface area (Å²) in [7, 11) is 0. The van der Waals surface area contributed by atoms with E-state index in [9.17, 15) is 23.1 Å². The Bertz CT molecular complexity index is 755. The minimum Gasteiger partial charge on any atom is -0.479 e. The lowest BCUT2D eigenvalue weighted by molar-refractivity contribution is -0.160. The van der Waals surface area contributed by atoms with Gasteiger partial charge in [0.25, 0.3) is 0 Å². The smallest absolute Gasteiger partial charge is 0.416 e. The van der Waals surface area contributed by atoms with Gasteiger partial charge in [-0.15, -0.1) is 0 Å². The average Bonchev–Trinajstić information content (AvgIpc) is 2.48. The highest BCUT2D eigenvalue weighted by atomic mass is 35.5. The zero-order chi connectivity index (χ0) is 18.1. The van der Waals surface area contributed by atoms with E-state index in [0.717, 1.165) is 19.1 Å². The molecule has 0 radical (unpaired) electrons. The molecule has 2 N–H and O–H groups in total. The van der Waals surface area contributed by atoms with Gasteiger partial charge in [-0.1, -0.05) is 17.7 Å². The van der Waals surface area contributed by atoms with Crippen LogP contribution in [0.2, 0.25) is 5.02 Å². The Morgan fingerprint density at radius 3 is 2.08 bits per heavy atom. The SMILES string of the molecule is CC(O)(C(=O)O)c1ccc(Oc2ccc(Cl)cc2)cc1C(F)(F)F. The van der Waals surface area contributed by atoms with Gasteiger partial charge >= 0.3 is 12.1 Å². The van der Waals surface area contributed by atoms with Crippen LogP contribution in [-0.4, -0.2) is 16.2 Å². The van der Waals surface area contributed by atoms with Gasteiger partial charge in [0.05, 0.1) is 5.56 Å². The fourth-order valence-corrected chi connectivity index (χ4v) is 2.13. The van der Waals surface area contributed by atoms with Crippen molar-refractivity contribution in [2.75, 3.05) is 0 Å². The molecule has 128 valence electrons. The number of rotatable bonds is 4. The van der Waals surface area contributed by atoms with Crippen LogP contribution < -0.4 is 4.74 Å². The number of carbonyl (C=O) groups is 1. The molecule has 0 aliphatic carbocycles. The minimum absolute atomic E-state index is 0.158. The molecule has 0 amide bonds. The number of hydrogen-bond donors (Lipinski definition) is 2. The van der Waals surface area contributed by atoms with Crippen molar-refractivity contribution in [1.29, 1.82) is 0 Å². The van der Waals surface area contributed by atoms with Crippen molar-refractivity contribution in [3.05, 3.63) is 58.6 Å². The first kappa shape index (κ1) is 18.1. The van der Waals surface area contributed by atoms with E-state index in [1.165, 1.54) is 24.3 Å². The Kier molecular flexibility index (Phi) is 4.77. The Morgan fingerprint density at radius 1 is 1.04 bits per heavy atom. The largest absolute Gasteiger partial charge is 0.479 e. The Balaban J connectivity index is 2.47. The molecule has 0 fully saturated rings. The van der Waals surface area contributed by atoms with Crippen molar-refractivity contribution < 1.29 is 32.9 Å². The summed E-state index contributed by atoms with van der Waals surface area (Å²) in [5, 5.41) is 19.3. The van der Waals surface area contributed by atoms with E-state index in [2.05, 4.69) is 0 Å². The van der Waals surface area contributed by atoms with Crippen LogP contribution in [0.5, 0.6) is 11.5 Å². The monoisotopic (exact) mass is 360 g/mol. The molecule has 1 atom stereocenters. The molecule has 0 aliphatic rings. The van der Waals surface area contributed by atoms with Gasteiger partial charge in [0.2, 0.25) is 0 Å². The third kappa shape index (κ3) is 3.80. The van der Waals surface area contributed by atoms with Crippen molar-refractivity contribution in [2.24, 2.45) is 0 Å². The van der Waals surface area contributed by atoms with E-state index in [1.807, 2.05) is 0 Å². The molecule has 2 aromatic carbocycles. The van der Waals surface area contributed by atoms with E-state index in [0.29, 0.717) is 11.1 Å². The molecular formula is C16H12ClF3O4. The maximum Gasteiger partial charge on any atom is 0.416 e. The molecule has 2 rings (SSSR count). The number of aliphatic carboxylic acids is 1. The second-order valence-electron chi connectivity index (χ2n) is 5.14. The van der Waals surface area contributed by atoms with Gasteiger partial charge in [-0.2, -0.15) is 13.2 Å². The van der Waals surface area contributed by atoms with Crippen molar-refractivity contribution in [3.8, 4) is 11.5 Å². The van der Waals surface area contributed by atoms with Gasteiger partial charge in [0.15, 0.2) is 5.60 Å². The molecule has 1 unspecified atom stereocenters. The standard InChI is InChI=1S/C16H12ClF3O4/c1-15(23,14(21)22)12-7-6-11(8-13(12)16(18,19)20)24-10-4-2-9(17)3-5-10/h2-8,23H,1H3,(H,21,22). The molecule has 0 saturated carbocycles. The lowest BCUT2D eigenvalue weighted by Crippen LogP contribution is -2.34. The maximum absolute atomic E-state index is 13.2. The number of alkyl halides is 3. The van der Waals surface area contributed by atoms with Crippen molar-refractivity contribution >= 4 is 17.6 Å². The fraction of sp³-hybridized carbons (Fsp3) is 0.188. The summed E-state index contributed by atoms with van der Waals surface area (Å²) in [6.45, 7) is 0.777. The van der Waals surface area contributed by atoms with Gasteiger partial charge in [-0.25, -0.2) is 4.79 Å². The molecule has 0 bridgehead atoms. The highest BCUT2D eigenvalue weighted by Gasteiger charge is 2.42. The van der Waals surface area contributed by atoms with Crippen LogP contribution in [0.3, 0.4) is 0 Å². The molecule has 4 nitrogen and oxygen atoms in total. The first-order valence-corrected chi connectivity index (χ1v) is 7.00. The molecule has 0 saturated heterocycles. The summed E-state index contributed by atoms with van der Waals surface area (Å²) < 4.78 is 45.0. The Labute approximate surface area is 140 Å². The van der Waals surface area contributed by atoms with Gasteiger partial charge in [-0.3, -0.25) is 0 Å². The summed E-state index contributed by atoms with van der Waals surface area (Å²) in [5.41, 5.74) is -4.75. The van der Waals surface area contributed by atoms with Gasteiger partial charge in [0, 0.05) is 10.6 Å².